The van der Waals surface area contributed by atoms with Crippen LogP contribution in [0.3, 0.4) is 0 Å². The number of ether oxygens (including phenoxy) is 1. The number of rotatable bonds is 1. The summed E-state index contributed by atoms with van der Waals surface area (Å²) in [6.07, 6.45) is -0.481. The van der Waals surface area contributed by atoms with Gasteiger partial charge in [0.2, 0.25) is 0 Å². The molecule has 0 bridgehead atoms. The minimum atomic E-state index is -0.852. The Balaban J connectivity index is 0. The molecule has 1 heterocycles. The summed E-state index contributed by atoms with van der Waals surface area (Å²) < 4.78 is 4.37. The van der Waals surface area contributed by atoms with E-state index in [0.717, 1.165) is 0 Å². The van der Waals surface area contributed by atoms with Crippen molar-refractivity contribution >= 4 is 5.97 Å². The molecule has 0 aromatic heterocycles. The van der Waals surface area contributed by atoms with Crippen molar-refractivity contribution in [1.29, 1.82) is 0 Å². The molecule has 1 saturated heterocycles. The monoisotopic (exact) mass is 206 g/mol. The SMILES string of the molecule is O=C(O)C1CO1.[Br-].[K+]. The molecule has 42 valence electrons. The summed E-state index contributed by atoms with van der Waals surface area (Å²) in [7, 11) is 0. The maximum atomic E-state index is 9.64. The third-order valence-corrected chi connectivity index (χ3v) is 0.609. The van der Waals surface area contributed by atoms with Crippen LogP contribution in [0.4, 0.5) is 0 Å². The molecule has 0 aromatic rings. The third kappa shape index (κ3) is 4.43. The number of aliphatic carboxylic acids is 1. The fraction of sp³-hybridized carbons (Fsp3) is 0.667. The van der Waals surface area contributed by atoms with Gasteiger partial charge in [0.25, 0.3) is 0 Å². The number of epoxide rings is 1. The normalized spacial score (nSPS) is 22.2. The van der Waals surface area contributed by atoms with E-state index in [2.05, 4.69) is 4.74 Å². The van der Waals surface area contributed by atoms with Gasteiger partial charge in [-0.15, -0.1) is 0 Å². The molecule has 1 atom stereocenters. The molecule has 0 aromatic carbocycles. The van der Waals surface area contributed by atoms with Gasteiger partial charge in [0.05, 0.1) is 6.61 Å². The van der Waals surface area contributed by atoms with Gasteiger partial charge in [0.15, 0.2) is 6.10 Å². The van der Waals surface area contributed by atoms with Crippen LogP contribution in [0.2, 0.25) is 0 Å². The van der Waals surface area contributed by atoms with Crippen LogP contribution in [0, 0.1) is 0 Å². The van der Waals surface area contributed by atoms with Crippen LogP contribution in [0.5, 0.6) is 0 Å². The molecule has 0 saturated carbocycles. The van der Waals surface area contributed by atoms with Gasteiger partial charge in [-0.05, 0) is 0 Å². The number of hydrogen-bond donors (Lipinski definition) is 1. The zero-order valence-corrected chi connectivity index (χ0v) is 9.14. The summed E-state index contributed by atoms with van der Waals surface area (Å²) in [5.41, 5.74) is 0. The predicted molar refractivity (Wildman–Crippen MR) is 17.4 cm³/mol. The maximum Gasteiger partial charge on any atom is 1.00 e. The van der Waals surface area contributed by atoms with Gasteiger partial charge in [0, 0.05) is 0 Å². The van der Waals surface area contributed by atoms with E-state index in [4.69, 9.17) is 5.11 Å². The second kappa shape index (κ2) is 5.34. The summed E-state index contributed by atoms with van der Waals surface area (Å²) in [4.78, 5) is 9.64. The van der Waals surface area contributed by atoms with E-state index in [1.54, 1.807) is 0 Å². The van der Waals surface area contributed by atoms with Crippen molar-refractivity contribution in [2.75, 3.05) is 6.61 Å². The van der Waals surface area contributed by atoms with Crippen LogP contribution in [0.25, 0.3) is 0 Å². The molecule has 1 aliphatic rings. The topological polar surface area (TPSA) is 49.8 Å². The standard InChI is InChI=1S/C3H4O3.BrH.K/c4-3(5)2-1-6-2;;/h2H,1H2,(H,4,5);1H;/q;;+1/p-1. The molecule has 5 heteroatoms. The van der Waals surface area contributed by atoms with Crippen molar-refractivity contribution in [2.45, 2.75) is 6.10 Å². The van der Waals surface area contributed by atoms with Crippen molar-refractivity contribution in [2.24, 2.45) is 0 Å². The molecular formula is C3H4BrKO3. The molecule has 1 fully saturated rings. The van der Waals surface area contributed by atoms with Crippen molar-refractivity contribution in [1.82, 2.24) is 0 Å². The Kier molecular flexibility index (Phi) is 8.17. The van der Waals surface area contributed by atoms with Gasteiger partial charge in [-0.3, -0.25) is 0 Å². The first-order valence-corrected chi connectivity index (χ1v) is 1.65. The second-order valence-electron chi connectivity index (χ2n) is 1.16. The Bertz CT molecular complexity index is 82.6. The second-order valence-corrected chi connectivity index (χ2v) is 1.16. The molecule has 0 spiro atoms. The number of carboxylic acid groups (broad SMARTS) is 1. The van der Waals surface area contributed by atoms with Crippen molar-refractivity contribution < 1.29 is 83.0 Å². The average Bonchev–Trinajstić information content (AvgIpc) is 2.06. The van der Waals surface area contributed by atoms with Crippen LogP contribution in [0.1, 0.15) is 0 Å². The van der Waals surface area contributed by atoms with Crippen LogP contribution in [0.15, 0.2) is 0 Å². The number of hydrogen-bond acceptors (Lipinski definition) is 2. The summed E-state index contributed by atoms with van der Waals surface area (Å²) in [5, 5.41) is 7.93. The van der Waals surface area contributed by atoms with E-state index in [0.29, 0.717) is 6.61 Å². The first-order valence-electron chi connectivity index (χ1n) is 1.65. The zero-order valence-electron chi connectivity index (χ0n) is 4.43. The minimum Gasteiger partial charge on any atom is -1.00 e. The predicted octanol–water partition coefficient (Wildman–Crippen LogP) is -6.52. The van der Waals surface area contributed by atoms with E-state index in [9.17, 15) is 4.79 Å². The van der Waals surface area contributed by atoms with Gasteiger partial charge in [0.1, 0.15) is 0 Å². The van der Waals surface area contributed by atoms with Crippen LogP contribution in [-0.4, -0.2) is 23.8 Å². The Morgan fingerprint density at radius 3 is 2.12 bits per heavy atom. The maximum absolute atomic E-state index is 9.64. The quantitative estimate of drug-likeness (QED) is 0.343. The molecule has 0 radical (unpaired) electrons. The van der Waals surface area contributed by atoms with Crippen molar-refractivity contribution in [3.05, 3.63) is 0 Å². The van der Waals surface area contributed by atoms with Crippen LogP contribution >= 0.6 is 0 Å². The molecule has 1 unspecified atom stereocenters. The van der Waals surface area contributed by atoms with E-state index in [1.165, 1.54) is 0 Å². The fourth-order valence-electron chi connectivity index (χ4n) is 0.191. The number of carbonyl (C=O) groups is 1. The van der Waals surface area contributed by atoms with Gasteiger partial charge in [-0.1, -0.05) is 0 Å². The summed E-state index contributed by atoms with van der Waals surface area (Å²) in [6.45, 7) is 0.398. The van der Waals surface area contributed by atoms with E-state index >= 15 is 0 Å². The Labute approximate surface area is 100.0 Å². The zero-order chi connectivity index (χ0) is 4.57. The largest absolute Gasteiger partial charge is 1.00 e. The summed E-state index contributed by atoms with van der Waals surface area (Å²) in [5.74, 6) is -0.852. The molecule has 0 aliphatic carbocycles. The minimum absolute atomic E-state index is 0. The summed E-state index contributed by atoms with van der Waals surface area (Å²) in [6, 6.07) is 0. The molecule has 0 amide bonds. The number of carboxylic acids is 1. The van der Waals surface area contributed by atoms with Crippen LogP contribution in [-0.2, 0) is 9.53 Å². The first kappa shape index (κ1) is 12.2. The smallest absolute Gasteiger partial charge is 1.00 e. The molecule has 1 aliphatic heterocycles. The Morgan fingerprint density at radius 1 is 1.75 bits per heavy atom. The number of halogens is 1. The van der Waals surface area contributed by atoms with Crippen molar-refractivity contribution in [3.8, 4) is 0 Å². The molecular weight excluding hydrogens is 203 g/mol. The third-order valence-electron chi connectivity index (χ3n) is 0.609. The van der Waals surface area contributed by atoms with Gasteiger partial charge >= 0.3 is 57.4 Å². The Morgan fingerprint density at radius 2 is 2.12 bits per heavy atom. The molecule has 8 heavy (non-hydrogen) atoms. The van der Waals surface area contributed by atoms with E-state index in [1.807, 2.05) is 0 Å². The van der Waals surface area contributed by atoms with Crippen molar-refractivity contribution in [3.63, 3.8) is 0 Å². The summed E-state index contributed by atoms with van der Waals surface area (Å²) >= 11 is 0. The fourth-order valence-corrected chi connectivity index (χ4v) is 0.191. The van der Waals surface area contributed by atoms with Gasteiger partial charge < -0.3 is 26.8 Å². The Hall–Kier alpha value is 1.55. The van der Waals surface area contributed by atoms with Crippen LogP contribution < -0.4 is 68.4 Å². The average molecular weight is 207 g/mol. The van der Waals surface area contributed by atoms with Gasteiger partial charge in [-0.2, -0.15) is 0 Å². The van der Waals surface area contributed by atoms with Gasteiger partial charge in [-0.25, -0.2) is 4.79 Å². The molecule has 1 rings (SSSR count). The first-order chi connectivity index (χ1) is 2.80. The molecule has 1 N–H and O–H groups in total. The van der Waals surface area contributed by atoms with E-state index < -0.39 is 12.1 Å². The van der Waals surface area contributed by atoms with E-state index in [-0.39, 0.29) is 68.4 Å². The molecule has 3 nitrogen and oxygen atoms in total.